The van der Waals surface area contributed by atoms with Crippen LogP contribution in [0.1, 0.15) is 36.8 Å². The molecule has 1 saturated carbocycles. The van der Waals surface area contributed by atoms with Crippen LogP contribution in [0.15, 0.2) is 36.7 Å². The van der Waals surface area contributed by atoms with Crippen molar-refractivity contribution in [3.63, 3.8) is 0 Å². The zero-order valence-electron chi connectivity index (χ0n) is 18.3. The molecule has 35 heavy (non-hydrogen) atoms. The second-order valence-corrected chi connectivity index (χ2v) is 8.93. The second kappa shape index (κ2) is 7.63. The number of anilines is 2. The van der Waals surface area contributed by atoms with Gasteiger partial charge in [-0.25, -0.2) is 8.78 Å². The third-order valence-electron chi connectivity index (χ3n) is 6.78. The first-order valence-corrected chi connectivity index (χ1v) is 11.3. The molecule has 10 heteroatoms. The maximum absolute atomic E-state index is 15.2. The molecule has 1 aliphatic carbocycles. The molecule has 6 rings (SSSR count). The van der Waals surface area contributed by atoms with Crippen LogP contribution in [0.5, 0.6) is 0 Å². The van der Waals surface area contributed by atoms with E-state index in [1.807, 2.05) is 0 Å². The van der Waals surface area contributed by atoms with Crippen LogP contribution in [0.3, 0.4) is 0 Å². The van der Waals surface area contributed by atoms with Gasteiger partial charge in [0.25, 0.3) is 5.78 Å². The van der Waals surface area contributed by atoms with Gasteiger partial charge >= 0.3 is 6.18 Å². The predicted octanol–water partition coefficient (Wildman–Crippen LogP) is 5.72. The van der Waals surface area contributed by atoms with E-state index < -0.39 is 23.2 Å². The highest BCUT2D eigenvalue weighted by atomic mass is 19.4. The largest absolute Gasteiger partial charge is 0.405 e. The van der Waals surface area contributed by atoms with E-state index in [1.54, 1.807) is 23.1 Å². The van der Waals surface area contributed by atoms with E-state index >= 15 is 4.39 Å². The number of hydrogen-bond acceptors (Lipinski definition) is 4. The van der Waals surface area contributed by atoms with Crippen LogP contribution in [0, 0.1) is 28.9 Å². The summed E-state index contributed by atoms with van der Waals surface area (Å²) in [5, 5.41) is 7.82. The summed E-state index contributed by atoms with van der Waals surface area (Å²) in [6.45, 7) is 0.457. The number of fused-ring (bicyclic) bond motifs is 4. The van der Waals surface area contributed by atoms with Crippen LogP contribution >= 0.6 is 0 Å². The molecular formula is C25H18F5N5. The van der Waals surface area contributed by atoms with Crippen LogP contribution in [0.4, 0.5) is 33.5 Å². The Kier molecular flexibility index (Phi) is 4.75. The summed E-state index contributed by atoms with van der Waals surface area (Å²) in [5.41, 5.74) is 0.356. The summed E-state index contributed by atoms with van der Waals surface area (Å²) in [6, 6.07) is 7.71. The van der Waals surface area contributed by atoms with Crippen molar-refractivity contribution < 1.29 is 22.0 Å². The van der Waals surface area contributed by atoms with Crippen molar-refractivity contribution in [1.82, 2.24) is 19.6 Å². The van der Waals surface area contributed by atoms with E-state index in [0.717, 1.165) is 18.1 Å². The van der Waals surface area contributed by atoms with E-state index in [4.69, 9.17) is 0 Å². The normalized spacial score (nSPS) is 17.1. The Balaban J connectivity index is 1.55. The van der Waals surface area contributed by atoms with Crippen molar-refractivity contribution in [2.75, 3.05) is 11.4 Å². The van der Waals surface area contributed by atoms with Crippen molar-refractivity contribution in [3.05, 3.63) is 59.4 Å². The fourth-order valence-electron chi connectivity index (χ4n) is 4.69. The lowest BCUT2D eigenvalue weighted by atomic mass is 9.99. The number of halogens is 5. The molecule has 4 aromatic rings. The number of rotatable bonds is 1. The molecule has 0 amide bonds. The van der Waals surface area contributed by atoms with Crippen molar-refractivity contribution in [2.24, 2.45) is 5.41 Å². The Labute approximate surface area is 196 Å². The topological polar surface area (TPSA) is 46.3 Å². The third-order valence-corrected chi connectivity index (χ3v) is 6.78. The lowest BCUT2D eigenvalue weighted by Crippen LogP contribution is -2.22. The van der Waals surface area contributed by atoms with Crippen LogP contribution in [-0.4, -0.2) is 32.3 Å². The molecule has 0 saturated heterocycles. The Morgan fingerprint density at radius 2 is 1.86 bits per heavy atom. The summed E-state index contributed by atoms with van der Waals surface area (Å²) in [6.07, 6.45) is -0.911. The summed E-state index contributed by atoms with van der Waals surface area (Å²) in [4.78, 5) is 6.29. The minimum absolute atomic E-state index is 0.00373. The molecule has 0 spiro atoms. The van der Waals surface area contributed by atoms with E-state index in [9.17, 15) is 17.6 Å². The fourth-order valence-corrected chi connectivity index (χ4v) is 4.69. The molecule has 0 N–H and O–H groups in total. The van der Waals surface area contributed by atoms with Gasteiger partial charge in [0.1, 0.15) is 17.6 Å². The maximum atomic E-state index is 15.2. The molecule has 5 nitrogen and oxygen atoms in total. The molecule has 0 bridgehead atoms. The van der Waals surface area contributed by atoms with E-state index in [-0.39, 0.29) is 29.8 Å². The van der Waals surface area contributed by atoms with Gasteiger partial charge in [0.15, 0.2) is 11.6 Å². The summed E-state index contributed by atoms with van der Waals surface area (Å²) in [5.74, 6) is 3.62. The van der Waals surface area contributed by atoms with Gasteiger partial charge in [-0.05, 0) is 61.9 Å². The molecule has 178 valence electrons. The Morgan fingerprint density at radius 1 is 1.03 bits per heavy atom. The van der Waals surface area contributed by atoms with Crippen LogP contribution in [0.25, 0.3) is 16.7 Å². The minimum atomic E-state index is -4.37. The molecule has 2 aliphatic rings. The van der Waals surface area contributed by atoms with Gasteiger partial charge in [-0.3, -0.25) is 4.40 Å². The monoisotopic (exact) mass is 483 g/mol. The van der Waals surface area contributed by atoms with Crippen molar-refractivity contribution in [3.8, 4) is 11.8 Å². The molecule has 2 aromatic heterocycles. The van der Waals surface area contributed by atoms with Crippen molar-refractivity contribution >= 4 is 28.2 Å². The molecule has 1 aliphatic heterocycles. The van der Waals surface area contributed by atoms with Gasteiger partial charge in [-0.15, -0.1) is 10.2 Å². The minimum Gasteiger partial charge on any atom is -0.325 e. The third kappa shape index (κ3) is 3.40. The quantitative estimate of drug-likeness (QED) is 0.257. The number of benzene rings is 2. The first-order valence-electron chi connectivity index (χ1n) is 11.3. The van der Waals surface area contributed by atoms with E-state index in [1.165, 1.54) is 16.8 Å². The van der Waals surface area contributed by atoms with Crippen LogP contribution < -0.4 is 4.90 Å². The number of aromatic nitrogens is 4. The summed E-state index contributed by atoms with van der Waals surface area (Å²) < 4.78 is 71.2. The average Bonchev–Trinajstić information content (AvgIpc) is 3.55. The highest BCUT2D eigenvalue weighted by Gasteiger charge is 2.62. The van der Waals surface area contributed by atoms with Gasteiger partial charge in [0.2, 0.25) is 0 Å². The van der Waals surface area contributed by atoms with E-state index in [2.05, 4.69) is 27.0 Å². The average molecular weight is 483 g/mol. The number of hydrogen-bond donors (Lipinski definition) is 0. The first-order chi connectivity index (χ1) is 16.8. The Hall–Kier alpha value is -3.74. The highest BCUT2D eigenvalue weighted by Crippen LogP contribution is 2.57. The standard InChI is InChI=1S/C25H18F5N5/c26-17-7-8-19-20(21(17)27)22(32-23-33-31-14-35(19)23)34-13-2-1-5-16-15(4-3-6-18(16)34)9-10-24(11-12-24)25(28,29)30/h3-4,6-8,14H,1-2,5,11-13H2. The fraction of sp³-hybridized carbons (Fsp3) is 0.320. The van der Waals surface area contributed by atoms with E-state index in [0.29, 0.717) is 36.2 Å². The molecule has 3 heterocycles. The van der Waals surface area contributed by atoms with Crippen molar-refractivity contribution in [1.29, 1.82) is 0 Å². The number of nitrogens with zero attached hydrogens (tertiary/aromatic N) is 5. The number of alkyl halides is 3. The first kappa shape index (κ1) is 21.8. The lowest BCUT2D eigenvalue weighted by Gasteiger charge is -2.26. The molecule has 0 unspecified atom stereocenters. The zero-order chi connectivity index (χ0) is 24.4. The Bertz CT molecular complexity index is 1540. The zero-order valence-corrected chi connectivity index (χ0v) is 18.3. The smallest absolute Gasteiger partial charge is 0.325 e. The molecule has 2 aromatic carbocycles. The summed E-state index contributed by atoms with van der Waals surface area (Å²) >= 11 is 0. The van der Waals surface area contributed by atoms with Gasteiger partial charge in [-0.2, -0.15) is 18.2 Å². The predicted molar refractivity (Wildman–Crippen MR) is 119 cm³/mol. The SMILES string of the molecule is Fc1ccc2c(c(N3CCCCc4c(C#CC5(C(F)(F)F)CC5)cccc43)nc3nncn32)c1F. The van der Waals surface area contributed by atoms with Gasteiger partial charge in [0, 0.05) is 17.8 Å². The summed E-state index contributed by atoms with van der Waals surface area (Å²) in [7, 11) is 0. The van der Waals surface area contributed by atoms with Gasteiger partial charge in [0.05, 0.1) is 10.9 Å². The molecular weight excluding hydrogens is 465 g/mol. The molecule has 0 atom stereocenters. The second-order valence-electron chi connectivity index (χ2n) is 8.93. The highest BCUT2D eigenvalue weighted by molar-refractivity contribution is 5.94. The molecule has 0 radical (unpaired) electrons. The maximum Gasteiger partial charge on any atom is 0.405 e. The molecule has 1 fully saturated rings. The lowest BCUT2D eigenvalue weighted by molar-refractivity contribution is -0.168. The van der Waals surface area contributed by atoms with Gasteiger partial charge in [-0.1, -0.05) is 17.9 Å². The van der Waals surface area contributed by atoms with Crippen LogP contribution in [0.2, 0.25) is 0 Å². The van der Waals surface area contributed by atoms with Crippen LogP contribution in [-0.2, 0) is 6.42 Å². The Morgan fingerprint density at radius 3 is 2.63 bits per heavy atom. The van der Waals surface area contributed by atoms with Gasteiger partial charge < -0.3 is 4.90 Å². The van der Waals surface area contributed by atoms with Crippen molar-refractivity contribution in [2.45, 2.75) is 38.3 Å².